The second kappa shape index (κ2) is 5.54. The average molecular weight is 263 g/mol. The number of carbonyl (C=O) groups is 1. The standard InChI is InChI=1S/C13H21N5O/c1-9-3-4-11(12(15)19)13(16-9)18-6-5-17(2)8-10(18)7-14/h3-4,10H,5-8,14H2,1-2H3,(H2,15,19). The minimum Gasteiger partial charge on any atom is -0.365 e. The van der Waals surface area contributed by atoms with Gasteiger partial charge in [0, 0.05) is 31.9 Å². The number of hydrogen-bond acceptors (Lipinski definition) is 5. The zero-order chi connectivity index (χ0) is 14.0. The fraction of sp³-hybridized carbons (Fsp3) is 0.538. The summed E-state index contributed by atoms with van der Waals surface area (Å²) < 4.78 is 0. The Morgan fingerprint density at radius 3 is 2.84 bits per heavy atom. The van der Waals surface area contributed by atoms with Crippen molar-refractivity contribution in [1.29, 1.82) is 0 Å². The predicted octanol–water partition coefficient (Wildman–Crippen LogP) is -0.432. The molecule has 0 radical (unpaired) electrons. The number of pyridine rings is 1. The zero-order valence-corrected chi connectivity index (χ0v) is 11.5. The minimum absolute atomic E-state index is 0.158. The third-order valence-electron chi connectivity index (χ3n) is 3.51. The van der Waals surface area contributed by atoms with Crippen molar-refractivity contribution in [3.63, 3.8) is 0 Å². The number of rotatable bonds is 3. The highest BCUT2D eigenvalue weighted by molar-refractivity contribution is 5.97. The highest BCUT2D eigenvalue weighted by Gasteiger charge is 2.27. The third kappa shape index (κ3) is 2.85. The molecule has 1 aromatic rings. The maximum Gasteiger partial charge on any atom is 0.252 e. The van der Waals surface area contributed by atoms with E-state index in [0.29, 0.717) is 17.9 Å². The summed E-state index contributed by atoms with van der Waals surface area (Å²) in [6, 6.07) is 3.70. The lowest BCUT2D eigenvalue weighted by molar-refractivity contribution is 0.1000. The number of likely N-dealkylation sites (N-methyl/N-ethyl adjacent to an activating group) is 1. The smallest absolute Gasteiger partial charge is 0.252 e. The topological polar surface area (TPSA) is 88.5 Å². The first-order valence-electron chi connectivity index (χ1n) is 6.45. The molecule has 1 atom stereocenters. The van der Waals surface area contributed by atoms with Gasteiger partial charge in [-0.05, 0) is 26.1 Å². The van der Waals surface area contributed by atoms with Gasteiger partial charge in [-0.25, -0.2) is 4.98 Å². The molecule has 0 aromatic carbocycles. The summed E-state index contributed by atoms with van der Waals surface area (Å²) in [6.45, 7) is 5.02. The van der Waals surface area contributed by atoms with Gasteiger partial charge < -0.3 is 21.3 Å². The molecule has 0 saturated carbocycles. The molecule has 1 aliphatic rings. The summed E-state index contributed by atoms with van der Waals surface area (Å²) in [7, 11) is 2.07. The van der Waals surface area contributed by atoms with Crippen LogP contribution in [0.15, 0.2) is 12.1 Å². The first-order chi connectivity index (χ1) is 9.02. The molecule has 0 bridgehead atoms. The molecule has 1 saturated heterocycles. The van der Waals surface area contributed by atoms with E-state index in [2.05, 4.69) is 21.8 Å². The first kappa shape index (κ1) is 13.8. The summed E-state index contributed by atoms with van der Waals surface area (Å²) in [5, 5.41) is 0. The van der Waals surface area contributed by atoms with Crippen molar-refractivity contribution in [3.05, 3.63) is 23.4 Å². The molecule has 1 aromatic heterocycles. The van der Waals surface area contributed by atoms with E-state index < -0.39 is 5.91 Å². The van der Waals surface area contributed by atoms with Crippen LogP contribution in [0.1, 0.15) is 16.1 Å². The van der Waals surface area contributed by atoms with E-state index in [1.165, 1.54) is 0 Å². The van der Waals surface area contributed by atoms with Gasteiger partial charge >= 0.3 is 0 Å². The molecule has 0 aliphatic carbocycles. The van der Waals surface area contributed by atoms with Gasteiger partial charge in [0.1, 0.15) is 5.82 Å². The number of piperazine rings is 1. The summed E-state index contributed by atoms with van der Waals surface area (Å²) in [5.74, 6) is 0.216. The molecule has 1 amide bonds. The van der Waals surface area contributed by atoms with E-state index in [0.717, 1.165) is 25.3 Å². The molecular formula is C13H21N5O. The van der Waals surface area contributed by atoms with E-state index in [1.807, 2.05) is 6.92 Å². The fourth-order valence-electron chi connectivity index (χ4n) is 2.45. The van der Waals surface area contributed by atoms with Gasteiger partial charge in [-0.2, -0.15) is 0 Å². The Bertz CT molecular complexity index is 476. The quantitative estimate of drug-likeness (QED) is 0.772. The SMILES string of the molecule is Cc1ccc(C(N)=O)c(N2CCN(C)CC2CN)n1. The van der Waals surface area contributed by atoms with Gasteiger partial charge in [0.2, 0.25) is 0 Å². The maximum absolute atomic E-state index is 11.5. The van der Waals surface area contributed by atoms with E-state index >= 15 is 0 Å². The maximum atomic E-state index is 11.5. The van der Waals surface area contributed by atoms with Gasteiger partial charge in [0.15, 0.2) is 0 Å². The number of aryl methyl sites for hydroxylation is 1. The molecule has 6 nitrogen and oxygen atoms in total. The van der Waals surface area contributed by atoms with Crippen LogP contribution in [0.5, 0.6) is 0 Å². The highest BCUT2D eigenvalue weighted by atomic mass is 16.1. The molecule has 1 fully saturated rings. The molecule has 104 valence electrons. The van der Waals surface area contributed by atoms with Crippen molar-refractivity contribution >= 4 is 11.7 Å². The summed E-state index contributed by atoms with van der Waals surface area (Å²) in [5.41, 5.74) is 12.6. The monoisotopic (exact) mass is 263 g/mol. The van der Waals surface area contributed by atoms with E-state index in [4.69, 9.17) is 11.5 Å². The Labute approximate surface area is 113 Å². The van der Waals surface area contributed by atoms with Gasteiger partial charge in [0.05, 0.1) is 11.6 Å². The second-order valence-corrected chi connectivity index (χ2v) is 5.03. The average Bonchev–Trinajstić information content (AvgIpc) is 2.38. The van der Waals surface area contributed by atoms with Crippen LogP contribution in [0.3, 0.4) is 0 Å². The lowest BCUT2D eigenvalue weighted by Gasteiger charge is -2.40. The Morgan fingerprint density at radius 2 is 2.21 bits per heavy atom. The Balaban J connectivity index is 2.39. The molecule has 4 N–H and O–H groups in total. The molecule has 19 heavy (non-hydrogen) atoms. The van der Waals surface area contributed by atoms with Crippen molar-refractivity contribution in [3.8, 4) is 0 Å². The Morgan fingerprint density at radius 1 is 1.47 bits per heavy atom. The van der Waals surface area contributed by atoms with Crippen molar-refractivity contribution in [2.24, 2.45) is 11.5 Å². The minimum atomic E-state index is -0.447. The van der Waals surface area contributed by atoms with Crippen molar-refractivity contribution in [2.75, 3.05) is 38.1 Å². The van der Waals surface area contributed by atoms with Crippen LogP contribution < -0.4 is 16.4 Å². The zero-order valence-electron chi connectivity index (χ0n) is 11.5. The Hall–Kier alpha value is -1.66. The lowest BCUT2D eigenvalue weighted by atomic mass is 10.1. The number of carbonyl (C=O) groups excluding carboxylic acids is 1. The van der Waals surface area contributed by atoms with Crippen LogP contribution in [0.4, 0.5) is 5.82 Å². The molecule has 1 unspecified atom stereocenters. The molecule has 6 heteroatoms. The van der Waals surface area contributed by atoms with Gasteiger partial charge in [-0.1, -0.05) is 0 Å². The van der Waals surface area contributed by atoms with Crippen molar-refractivity contribution < 1.29 is 4.79 Å². The number of nitrogens with two attached hydrogens (primary N) is 2. The number of aromatic nitrogens is 1. The highest BCUT2D eigenvalue weighted by Crippen LogP contribution is 2.22. The van der Waals surface area contributed by atoms with Crippen LogP contribution in [0.2, 0.25) is 0 Å². The molecular weight excluding hydrogens is 242 g/mol. The van der Waals surface area contributed by atoms with Gasteiger partial charge in [-0.3, -0.25) is 4.79 Å². The van der Waals surface area contributed by atoms with E-state index in [-0.39, 0.29) is 6.04 Å². The van der Waals surface area contributed by atoms with E-state index in [1.54, 1.807) is 12.1 Å². The Kier molecular flexibility index (Phi) is 4.01. The summed E-state index contributed by atoms with van der Waals surface area (Å²) in [4.78, 5) is 20.4. The number of nitrogens with zero attached hydrogens (tertiary/aromatic N) is 3. The van der Waals surface area contributed by atoms with Gasteiger partial charge in [0.25, 0.3) is 5.91 Å². The second-order valence-electron chi connectivity index (χ2n) is 5.03. The van der Waals surface area contributed by atoms with Crippen LogP contribution in [0, 0.1) is 6.92 Å². The number of hydrogen-bond donors (Lipinski definition) is 2. The third-order valence-corrected chi connectivity index (χ3v) is 3.51. The first-order valence-corrected chi connectivity index (χ1v) is 6.45. The van der Waals surface area contributed by atoms with Crippen LogP contribution in [-0.2, 0) is 0 Å². The normalized spacial score (nSPS) is 20.6. The van der Waals surface area contributed by atoms with Crippen LogP contribution in [0.25, 0.3) is 0 Å². The van der Waals surface area contributed by atoms with Crippen molar-refractivity contribution in [2.45, 2.75) is 13.0 Å². The van der Waals surface area contributed by atoms with Crippen LogP contribution in [-0.4, -0.2) is 55.1 Å². The molecule has 1 aliphatic heterocycles. The largest absolute Gasteiger partial charge is 0.365 e. The predicted molar refractivity (Wildman–Crippen MR) is 75.2 cm³/mol. The number of primary amides is 1. The van der Waals surface area contributed by atoms with Crippen LogP contribution >= 0.6 is 0 Å². The molecule has 2 heterocycles. The molecule has 2 rings (SSSR count). The molecule has 0 spiro atoms. The lowest BCUT2D eigenvalue weighted by Crippen LogP contribution is -2.55. The van der Waals surface area contributed by atoms with E-state index in [9.17, 15) is 4.79 Å². The van der Waals surface area contributed by atoms with Gasteiger partial charge in [-0.15, -0.1) is 0 Å². The number of amides is 1. The summed E-state index contributed by atoms with van der Waals surface area (Å²) >= 11 is 0. The number of anilines is 1. The van der Waals surface area contributed by atoms with Crippen molar-refractivity contribution in [1.82, 2.24) is 9.88 Å². The fourth-order valence-corrected chi connectivity index (χ4v) is 2.45. The summed E-state index contributed by atoms with van der Waals surface area (Å²) in [6.07, 6.45) is 0.